The van der Waals surface area contributed by atoms with E-state index in [4.69, 9.17) is 0 Å². The SMILES string of the molecule is Cc1ccc(F)c([C@H](c2cccs2)N2CCNCC2)c1O. The van der Waals surface area contributed by atoms with Gasteiger partial charge >= 0.3 is 0 Å². The van der Waals surface area contributed by atoms with Crippen molar-refractivity contribution in [3.05, 3.63) is 51.5 Å². The monoisotopic (exact) mass is 306 g/mol. The molecular weight excluding hydrogens is 287 g/mol. The lowest BCUT2D eigenvalue weighted by molar-refractivity contribution is 0.194. The Kier molecular flexibility index (Phi) is 4.24. The molecule has 0 amide bonds. The van der Waals surface area contributed by atoms with Gasteiger partial charge in [-0.2, -0.15) is 0 Å². The van der Waals surface area contributed by atoms with Gasteiger partial charge in [-0.3, -0.25) is 4.90 Å². The van der Waals surface area contributed by atoms with Gasteiger partial charge in [-0.15, -0.1) is 11.3 Å². The van der Waals surface area contributed by atoms with Crippen molar-refractivity contribution in [2.45, 2.75) is 13.0 Å². The van der Waals surface area contributed by atoms with Crippen molar-refractivity contribution in [3.63, 3.8) is 0 Å². The van der Waals surface area contributed by atoms with Gasteiger partial charge < -0.3 is 10.4 Å². The van der Waals surface area contributed by atoms with Crippen LogP contribution in [0.25, 0.3) is 0 Å². The average molecular weight is 306 g/mol. The minimum absolute atomic E-state index is 0.0759. The molecular formula is C16H19FN2OS. The molecule has 2 heterocycles. The van der Waals surface area contributed by atoms with Gasteiger partial charge in [0, 0.05) is 31.1 Å². The Hall–Kier alpha value is -1.43. The average Bonchev–Trinajstić information content (AvgIpc) is 3.02. The van der Waals surface area contributed by atoms with Gasteiger partial charge in [0.2, 0.25) is 0 Å². The minimum atomic E-state index is -0.338. The Morgan fingerprint density at radius 3 is 2.71 bits per heavy atom. The third-order valence-electron chi connectivity index (χ3n) is 3.97. The van der Waals surface area contributed by atoms with Crippen molar-refractivity contribution in [1.29, 1.82) is 0 Å². The second kappa shape index (κ2) is 6.13. The number of aryl methyl sites for hydroxylation is 1. The second-order valence-corrected chi connectivity index (χ2v) is 6.31. The van der Waals surface area contributed by atoms with E-state index in [1.807, 2.05) is 24.4 Å². The molecule has 1 aliphatic heterocycles. The summed E-state index contributed by atoms with van der Waals surface area (Å²) >= 11 is 1.60. The normalized spacial score (nSPS) is 17.8. The zero-order chi connectivity index (χ0) is 14.8. The first kappa shape index (κ1) is 14.5. The number of aromatic hydroxyl groups is 1. The highest BCUT2D eigenvalue weighted by molar-refractivity contribution is 7.10. The number of phenols is 1. The van der Waals surface area contributed by atoms with E-state index < -0.39 is 0 Å². The fourth-order valence-corrected chi connectivity index (χ4v) is 3.71. The highest BCUT2D eigenvalue weighted by atomic mass is 32.1. The van der Waals surface area contributed by atoms with Crippen LogP contribution in [0.15, 0.2) is 29.6 Å². The number of rotatable bonds is 3. The Balaban J connectivity index is 2.09. The molecule has 5 heteroatoms. The molecule has 1 saturated heterocycles. The predicted octanol–water partition coefficient (Wildman–Crippen LogP) is 2.90. The summed E-state index contributed by atoms with van der Waals surface area (Å²) in [6.45, 7) is 5.26. The molecule has 1 atom stereocenters. The molecule has 1 aromatic heterocycles. The lowest BCUT2D eigenvalue weighted by atomic mass is 9.98. The van der Waals surface area contributed by atoms with Gasteiger partial charge in [0.15, 0.2) is 0 Å². The number of benzene rings is 1. The van der Waals surface area contributed by atoms with Gasteiger partial charge in [0.25, 0.3) is 0 Å². The van der Waals surface area contributed by atoms with E-state index in [1.54, 1.807) is 17.4 Å². The maximum atomic E-state index is 14.4. The van der Waals surface area contributed by atoms with Crippen LogP contribution in [0.2, 0.25) is 0 Å². The quantitative estimate of drug-likeness (QED) is 0.915. The van der Waals surface area contributed by atoms with Crippen LogP contribution in [0.4, 0.5) is 4.39 Å². The molecule has 21 heavy (non-hydrogen) atoms. The molecule has 0 bridgehead atoms. The molecule has 2 aromatic rings. The Bertz CT molecular complexity index is 609. The lowest BCUT2D eigenvalue weighted by Gasteiger charge is -2.35. The third-order valence-corrected chi connectivity index (χ3v) is 4.89. The predicted molar refractivity (Wildman–Crippen MR) is 83.4 cm³/mol. The summed E-state index contributed by atoms with van der Waals surface area (Å²) < 4.78 is 14.4. The summed E-state index contributed by atoms with van der Waals surface area (Å²) in [7, 11) is 0. The highest BCUT2D eigenvalue weighted by Crippen LogP contribution is 2.39. The molecule has 1 aliphatic rings. The van der Waals surface area contributed by atoms with E-state index in [-0.39, 0.29) is 17.6 Å². The zero-order valence-electron chi connectivity index (χ0n) is 12.0. The van der Waals surface area contributed by atoms with Crippen LogP contribution in [-0.2, 0) is 0 Å². The molecule has 0 spiro atoms. The summed E-state index contributed by atoms with van der Waals surface area (Å²) in [5.41, 5.74) is 1.11. The number of hydrogen-bond donors (Lipinski definition) is 2. The summed E-state index contributed by atoms with van der Waals surface area (Å²) in [4.78, 5) is 3.30. The van der Waals surface area contributed by atoms with Gasteiger partial charge in [-0.1, -0.05) is 12.1 Å². The maximum absolute atomic E-state index is 14.4. The van der Waals surface area contributed by atoms with E-state index in [2.05, 4.69) is 10.2 Å². The first-order chi connectivity index (χ1) is 10.2. The Morgan fingerprint density at radius 2 is 2.05 bits per heavy atom. The number of nitrogens with one attached hydrogen (secondary N) is 1. The lowest BCUT2D eigenvalue weighted by Crippen LogP contribution is -2.45. The summed E-state index contributed by atoms with van der Waals surface area (Å²) in [6.07, 6.45) is 0. The maximum Gasteiger partial charge on any atom is 0.132 e. The van der Waals surface area contributed by atoms with E-state index in [1.165, 1.54) is 6.07 Å². The van der Waals surface area contributed by atoms with Crippen LogP contribution in [0.5, 0.6) is 5.75 Å². The first-order valence-electron chi connectivity index (χ1n) is 7.14. The molecule has 0 unspecified atom stereocenters. The van der Waals surface area contributed by atoms with E-state index in [9.17, 15) is 9.50 Å². The molecule has 3 nitrogen and oxygen atoms in total. The van der Waals surface area contributed by atoms with Crippen LogP contribution >= 0.6 is 11.3 Å². The van der Waals surface area contributed by atoms with Gasteiger partial charge in [-0.05, 0) is 30.0 Å². The third kappa shape index (κ3) is 2.81. The van der Waals surface area contributed by atoms with E-state index in [0.29, 0.717) is 11.1 Å². The molecule has 1 fully saturated rings. The minimum Gasteiger partial charge on any atom is -0.507 e. The van der Waals surface area contributed by atoms with Gasteiger partial charge in [0.1, 0.15) is 11.6 Å². The van der Waals surface area contributed by atoms with Crippen LogP contribution in [0, 0.1) is 12.7 Å². The molecule has 0 saturated carbocycles. The Morgan fingerprint density at radius 1 is 1.29 bits per heavy atom. The van der Waals surface area contributed by atoms with Crippen molar-refractivity contribution < 1.29 is 9.50 Å². The summed E-state index contributed by atoms with van der Waals surface area (Å²) in [5.74, 6) is -0.262. The Labute approximate surface area is 128 Å². The number of phenolic OH excluding ortho intramolecular Hbond substituents is 1. The molecule has 1 aromatic carbocycles. The van der Waals surface area contributed by atoms with Crippen molar-refractivity contribution in [3.8, 4) is 5.75 Å². The molecule has 112 valence electrons. The number of hydrogen-bond acceptors (Lipinski definition) is 4. The fraction of sp³-hybridized carbons (Fsp3) is 0.375. The highest BCUT2D eigenvalue weighted by Gasteiger charge is 2.30. The topological polar surface area (TPSA) is 35.5 Å². The standard InChI is InChI=1S/C16H19FN2OS/c1-11-4-5-12(17)14(16(11)20)15(13-3-2-10-21-13)19-8-6-18-7-9-19/h2-5,10,15,18,20H,6-9H2,1H3/t15-/m0/s1. The van der Waals surface area contributed by atoms with Crippen molar-refractivity contribution in [2.24, 2.45) is 0 Å². The van der Waals surface area contributed by atoms with E-state index in [0.717, 1.165) is 31.1 Å². The second-order valence-electron chi connectivity index (χ2n) is 5.33. The van der Waals surface area contributed by atoms with Crippen LogP contribution in [0.1, 0.15) is 22.0 Å². The smallest absolute Gasteiger partial charge is 0.132 e. The van der Waals surface area contributed by atoms with Gasteiger partial charge in [-0.25, -0.2) is 4.39 Å². The zero-order valence-corrected chi connectivity index (χ0v) is 12.8. The van der Waals surface area contributed by atoms with Crippen LogP contribution < -0.4 is 5.32 Å². The van der Waals surface area contributed by atoms with Crippen molar-refractivity contribution in [1.82, 2.24) is 10.2 Å². The first-order valence-corrected chi connectivity index (χ1v) is 8.02. The molecule has 3 rings (SSSR count). The van der Waals surface area contributed by atoms with Crippen molar-refractivity contribution >= 4 is 11.3 Å². The number of halogens is 1. The molecule has 0 radical (unpaired) electrons. The number of piperazine rings is 1. The molecule has 0 aliphatic carbocycles. The van der Waals surface area contributed by atoms with Crippen LogP contribution in [0.3, 0.4) is 0 Å². The fourth-order valence-electron chi connectivity index (χ4n) is 2.84. The number of nitrogens with zero attached hydrogens (tertiary/aromatic N) is 1. The van der Waals surface area contributed by atoms with Crippen molar-refractivity contribution in [2.75, 3.05) is 26.2 Å². The molecule has 2 N–H and O–H groups in total. The van der Waals surface area contributed by atoms with E-state index >= 15 is 0 Å². The largest absolute Gasteiger partial charge is 0.507 e. The van der Waals surface area contributed by atoms with Gasteiger partial charge in [0.05, 0.1) is 11.6 Å². The summed E-state index contributed by atoms with van der Waals surface area (Å²) in [6, 6.07) is 6.84. The number of thiophene rings is 1. The van der Waals surface area contributed by atoms with Crippen LogP contribution in [-0.4, -0.2) is 36.2 Å². The summed E-state index contributed by atoms with van der Waals surface area (Å²) in [5, 5.41) is 15.7.